The van der Waals surface area contributed by atoms with Crippen molar-refractivity contribution in [2.45, 2.75) is 40.0 Å². The molecule has 1 unspecified atom stereocenters. The molecule has 15 heavy (non-hydrogen) atoms. The minimum Gasteiger partial charge on any atom is -0.396 e. The Hall–Kier alpha value is -0.120. The molecule has 0 heterocycles. The summed E-state index contributed by atoms with van der Waals surface area (Å²) in [5.74, 6) is 0.391. The SMILES string of the molecule is CCCCOCCC(CN)(CO)C(C)C. The number of hydrogen-bond acceptors (Lipinski definition) is 3. The van der Waals surface area contributed by atoms with Crippen molar-refractivity contribution in [3.63, 3.8) is 0 Å². The van der Waals surface area contributed by atoms with E-state index in [9.17, 15) is 5.11 Å². The molecular weight excluding hydrogens is 190 g/mol. The van der Waals surface area contributed by atoms with Crippen LogP contribution in [0.15, 0.2) is 0 Å². The van der Waals surface area contributed by atoms with Crippen LogP contribution in [-0.4, -0.2) is 31.5 Å². The van der Waals surface area contributed by atoms with E-state index in [1.807, 2.05) is 0 Å². The van der Waals surface area contributed by atoms with Gasteiger partial charge in [0, 0.05) is 25.2 Å². The van der Waals surface area contributed by atoms with Gasteiger partial charge in [-0.15, -0.1) is 0 Å². The number of unbranched alkanes of at least 4 members (excludes halogenated alkanes) is 1. The van der Waals surface area contributed by atoms with E-state index in [0.717, 1.165) is 25.9 Å². The van der Waals surface area contributed by atoms with Crippen LogP contribution >= 0.6 is 0 Å². The molecule has 0 aromatic carbocycles. The van der Waals surface area contributed by atoms with Crippen molar-refractivity contribution in [1.29, 1.82) is 0 Å². The maximum absolute atomic E-state index is 9.41. The monoisotopic (exact) mass is 217 g/mol. The highest BCUT2D eigenvalue weighted by atomic mass is 16.5. The van der Waals surface area contributed by atoms with Gasteiger partial charge in [0.2, 0.25) is 0 Å². The van der Waals surface area contributed by atoms with E-state index < -0.39 is 0 Å². The second-order valence-corrected chi connectivity index (χ2v) is 4.60. The molecule has 0 bridgehead atoms. The lowest BCUT2D eigenvalue weighted by Gasteiger charge is -2.34. The predicted octanol–water partition coefficient (Wildman–Crippen LogP) is 1.79. The summed E-state index contributed by atoms with van der Waals surface area (Å²) < 4.78 is 5.52. The van der Waals surface area contributed by atoms with Crippen molar-refractivity contribution in [2.24, 2.45) is 17.1 Å². The molecule has 0 saturated heterocycles. The first kappa shape index (κ1) is 14.9. The zero-order chi connectivity index (χ0) is 11.7. The normalized spacial score (nSPS) is 15.6. The number of rotatable bonds is 9. The number of aliphatic hydroxyl groups excluding tert-OH is 1. The zero-order valence-corrected chi connectivity index (χ0v) is 10.5. The van der Waals surface area contributed by atoms with Crippen molar-refractivity contribution in [3.05, 3.63) is 0 Å². The summed E-state index contributed by atoms with van der Waals surface area (Å²) in [4.78, 5) is 0. The molecule has 0 fully saturated rings. The Balaban J connectivity index is 3.86. The third kappa shape index (κ3) is 4.96. The summed E-state index contributed by atoms with van der Waals surface area (Å²) in [6, 6.07) is 0. The van der Waals surface area contributed by atoms with Crippen LogP contribution in [0, 0.1) is 11.3 Å². The molecule has 0 amide bonds. The number of aliphatic hydroxyl groups is 1. The molecule has 0 aromatic heterocycles. The Bertz CT molecular complexity index is 145. The number of hydrogen-bond donors (Lipinski definition) is 2. The van der Waals surface area contributed by atoms with Crippen LogP contribution in [-0.2, 0) is 4.74 Å². The lowest BCUT2D eigenvalue weighted by molar-refractivity contribution is 0.0315. The van der Waals surface area contributed by atoms with Crippen LogP contribution in [0.25, 0.3) is 0 Å². The third-order valence-electron chi connectivity index (χ3n) is 3.33. The molecule has 0 aliphatic carbocycles. The van der Waals surface area contributed by atoms with Crippen LogP contribution in [0.1, 0.15) is 40.0 Å². The van der Waals surface area contributed by atoms with E-state index in [-0.39, 0.29) is 12.0 Å². The Morgan fingerprint density at radius 2 is 2.00 bits per heavy atom. The first-order chi connectivity index (χ1) is 7.13. The zero-order valence-electron chi connectivity index (χ0n) is 10.5. The minimum absolute atomic E-state index is 0.151. The number of nitrogens with two attached hydrogens (primary N) is 1. The standard InChI is InChI=1S/C12H27NO2/c1-4-5-7-15-8-6-12(9-13,10-14)11(2)3/h11,14H,4-10,13H2,1-3H3. The highest BCUT2D eigenvalue weighted by molar-refractivity contribution is 4.82. The maximum Gasteiger partial charge on any atom is 0.0502 e. The third-order valence-corrected chi connectivity index (χ3v) is 3.33. The van der Waals surface area contributed by atoms with Crippen molar-refractivity contribution >= 4 is 0 Å². The van der Waals surface area contributed by atoms with Gasteiger partial charge >= 0.3 is 0 Å². The maximum atomic E-state index is 9.41. The van der Waals surface area contributed by atoms with Gasteiger partial charge in [0.1, 0.15) is 0 Å². The van der Waals surface area contributed by atoms with Gasteiger partial charge in [-0.2, -0.15) is 0 Å². The highest BCUT2D eigenvalue weighted by Crippen LogP contribution is 2.29. The fourth-order valence-electron chi connectivity index (χ4n) is 1.58. The van der Waals surface area contributed by atoms with Gasteiger partial charge in [-0.3, -0.25) is 0 Å². The minimum atomic E-state index is -0.161. The first-order valence-electron chi connectivity index (χ1n) is 6.01. The topological polar surface area (TPSA) is 55.5 Å². The lowest BCUT2D eigenvalue weighted by Crippen LogP contribution is -2.40. The van der Waals surface area contributed by atoms with Crippen LogP contribution in [0.3, 0.4) is 0 Å². The van der Waals surface area contributed by atoms with E-state index in [0.29, 0.717) is 19.1 Å². The quantitative estimate of drug-likeness (QED) is 0.579. The van der Waals surface area contributed by atoms with E-state index in [4.69, 9.17) is 10.5 Å². The summed E-state index contributed by atoms with van der Waals surface area (Å²) in [7, 11) is 0. The average molecular weight is 217 g/mol. The molecule has 0 saturated carbocycles. The molecule has 3 nitrogen and oxygen atoms in total. The van der Waals surface area contributed by atoms with Crippen molar-refractivity contribution in [2.75, 3.05) is 26.4 Å². The highest BCUT2D eigenvalue weighted by Gasteiger charge is 2.31. The fraction of sp³-hybridized carbons (Fsp3) is 1.00. The Morgan fingerprint density at radius 3 is 2.40 bits per heavy atom. The van der Waals surface area contributed by atoms with Gasteiger partial charge in [-0.25, -0.2) is 0 Å². The van der Waals surface area contributed by atoms with Gasteiger partial charge < -0.3 is 15.6 Å². The van der Waals surface area contributed by atoms with Crippen LogP contribution in [0.5, 0.6) is 0 Å². The largest absolute Gasteiger partial charge is 0.396 e. The predicted molar refractivity (Wildman–Crippen MR) is 63.8 cm³/mol. The van der Waals surface area contributed by atoms with Crippen molar-refractivity contribution in [1.82, 2.24) is 0 Å². The Kier molecular flexibility index (Phi) is 8.02. The summed E-state index contributed by atoms with van der Waals surface area (Å²) in [6.45, 7) is 8.56. The summed E-state index contributed by atoms with van der Waals surface area (Å²) >= 11 is 0. The molecule has 0 spiro atoms. The van der Waals surface area contributed by atoms with Gasteiger partial charge in [-0.05, 0) is 18.8 Å². The first-order valence-corrected chi connectivity index (χ1v) is 6.01. The smallest absolute Gasteiger partial charge is 0.0502 e. The Labute approximate surface area is 94.0 Å². The lowest BCUT2D eigenvalue weighted by atomic mass is 9.75. The van der Waals surface area contributed by atoms with Gasteiger partial charge in [0.05, 0.1) is 6.61 Å². The molecule has 0 aromatic rings. The molecule has 1 atom stereocenters. The number of ether oxygens (including phenoxy) is 1. The second-order valence-electron chi connectivity index (χ2n) is 4.60. The molecule has 92 valence electrons. The van der Waals surface area contributed by atoms with Gasteiger partial charge in [0.15, 0.2) is 0 Å². The van der Waals surface area contributed by atoms with E-state index >= 15 is 0 Å². The van der Waals surface area contributed by atoms with E-state index in [1.54, 1.807) is 0 Å². The van der Waals surface area contributed by atoms with E-state index in [2.05, 4.69) is 20.8 Å². The molecule has 0 aliphatic heterocycles. The molecule has 0 aliphatic rings. The fourth-order valence-corrected chi connectivity index (χ4v) is 1.58. The van der Waals surface area contributed by atoms with Gasteiger partial charge in [0.25, 0.3) is 0 Å². The second kappa shape index (κ2) is 8.08. The molecule has 3 N–H and O–H groups in total. The Morgan fingerprint density at radius 1 is 1.33 bits per heavy atom. The van der Waals surface area contributed by atoms with Crippen molar-refractivity contribution in [3.8, 4) is 0 Å². The van der Waals surface area contributed by atoms with E-state index in [1.165, 1.54) is 0 Å². The summed E-state index contributed by atoms with van der Waals surface area (Å²) in [6.07, 6.45) is 3.12. The van der Waals surface area contributed by atoms with Gasteiger partial charge in [-0.1, -0.05) is 27.2 Å². The summed E-state index contributed by atoms with van der Waals surface area (Å²) in [5.41, 5.74) is 5.58. The summed E-state index contributed by atoms with van der Waals surface area (Å²) in [5, 5.41) is 9.41. The molecule has 0 radical (unpaired) electrons. The average Bonchev–Trinajstić information content (AvgIpc) is 2.23. The van der Waals surface area contributed by atoms with Crippen LogP contribution < -0.4 is 5.73 Å². The van der Waals surface area contributed by atoms with Crippen LogP contribution in [0.4, 0.5) is 0 Å². The van der Waals surface area contributed by atoms with Crippen molar-refractivity contribution < 1.29 is 9.84 Å². The molecular formula is C12H27NO2. The molecule has 3 heteroatoms. The van der Waals surface area contributed by atoms with Crippen LogP contribution in [0.2, 0.25) is 0 Å². The molecule has 0 rings (SSSR count).